The topological polar surface area (TPSA) is 128 Å². The molecular weight excluding hydrogens is 470 g/mol. The number of nitro groups is 1. The van der Waals surface area contributed by atoms with Gasteiger partial charge in [0.25, 0.3) is 5.69 Å². The van der Waals surface area contributed by atoms with Crippen LogP contribution in [-0.4, -0.2) is 32.4 Å². The van der Waals surface area contributed by atoms with Crippen LogP contribution in [0, 0.1) is 10.1 Å². The summed E-state index contributed by atoms with van der Waals surface area (Å²) >= 11 is 6.06. The molecule has 9 nitrogen and oxygen atoms in total. The van der Waals surface area contributed by atoms with Crippen LogP contribution >= 0.6 is 11.6 Å². The molecule has 1 amide bonds. The molecule has 0 aromatic heterocycles. The van der Waals surface area contributed by atoms with E-state index in [1.807, 2.05) is 0 Å². The highest BCUT2D eigenvalue weighted by Crippen LogP contribution is 2.27. The first kappa shape index (κ1) is 24.2. The Kier molecular flexibility index (Phi) is 7.64. The average molecular weight is 490 g/mol. The SMILES string of the molecule is COc1ccc(S(=O)(=O)N[C@H](Cc2ccccc2)C(=O)Nc2cccc([N+](=O)[O-])c2)cc1Cl. The molecule has 0 fully saturated rings. The summed E-state index contributed by atoms with van der Waals surface area (Å²) in [4.78, 5) is 23.3. The first-order chi connectivity index (χ1) is 15.7. The molecule has 172 valence electrons. The van der Waals surface area contributed by atoms with E-state index in [0.29, 0.717) is 11.3 Å². The molecule has 33 heavy (non-hydrogen) atoms. The summed E-state index contributed by atoms with van der Waals surface area (Å²) in [7, 11) is -2.74. The van der Waals surface area contributed by atoms with Crippen molar-refractivity contribution in [2.75, 3.05) is 12.4 Å². The van der Waals surface area contributed by atoms with Crippen LogP contribution in [0.15, 0.2) is 77.7 Å². The maximum absolute atomic E-state index is 13.0. The Morgan fingerprint density at radius 2 is 1.82 bits per heavy atom. The van der Waals surface area contributed by atoms with Crippen molar-refractivity contribution in [3.63, 3.8) is 0 Å². The van der Waals surface area contributed by atoms with Crippen molar-refractivity contribution >= 4 is 38.9 Å². The van der Waals surface area contributed by atoms with Gasteiger partial charge in [0.1, 0.15) is 11.8 Å². The van der Waals surface area contributed by atoms with Gasteiger partial charge in [0.05, 0.1) is 22.0 Å². The summed E-state index contributed by atoms with van der Waals surface area (Å²) < 4.78 is 33.5. The van der Waals surface area contributed by atoms with Crippen molar-refractivity contribution in [3.8, 4) is 5.75 Å². The molecule has 3 aromatic carbocycles. The van der Waals surface area contributed by atoms with Gasteiger partial charge in [-0.3, -0.25) is 14.9 Å². The Morgan fingerprint density at radius 3 is 2.45 bits per heavy atom. The fraction of sp³-hybridized carbons (Fsp3) is 0.136. The average Bonchev–Trinajstić information content (AvgIpc) is 2.79. The van der Waals surface area contributed by atoms with E-state index in [9.17, 15) is 23.3 Å². The molecule has 2 N–H and O–H groups in total. The predicted molar refractivity (Wildman–Crippen MR) is 124 cm³/mol. The molecule has 0 aliphatic heterocycles. The molecule has 0 bridgehead atoms. The number of nitro benzene ring substituents is 1. The van der Waals surface area contributed by atoms with E-state index in [-0.39, 0.29) is 27.7 Å². The van der Waals surface area contributed by atoms with Gasteiger partial charge in [-0.25, -0.2) is 8.42 Å². The highest BCUT2D eigenvalue weighted by molar-refractivity contribution is 7.89. The number of benzene rings is 3. The molecule has 0 heterocycles. The van der Waals surface area contributed by atoms with Gasteiger partial charge >= 0.3 is 0 Å². The number of hydrogen-bond donors (Lipinski definition) is 2. The Labute approximate surface area is 195 Å². The lowest BCUT2D eigenvalue weighted by molar-refractivity contribution is -0.384. The number of nitrogens with one attached hydrogen (secondary N) is 2. The third-order valence-corrected chi connectivity index (χ3v) is 6.42. The number of carbonyl (C=O) groups excluding carboxylic acids is 1. The summed E-state index contributed by atoms with van der Waals surface area (Å²) in [6, 6.07) is 16.9. The standard InChI is InChI=1S/C22H20ClN3O6S/c1-32-21-11-10-18(14-19(21)23)33(30,31)25-20(12-15-6-3-2-4-7-15)22(27)24-16-8-5-9-17(13-16)26(28)29/h2-11,13-14,20,25H,12H2,1H3,(H,24,27)/t20-/m1/s1. The lowest BCUT2D eigenvalue weighted by Crippen LogP contribution is -2.45. The molecule has 0 unspecified atom stereocenters. The van der Waals surface area contributed by atoms with Gasteiger partial charge in [0.2, 0.25) is 15.9 Å². The second-order valence-electron chi connectivity index (χ2n) is 6.96. The molecular formula is C22H20ClN3O6S. The second kappa shape index (κ2) is 10.4. The Bertz CT molecular complexity index is 1270. The number of hydrogen-bond acceptors (Lipinski definition) is 6. The van der Waals surface area contributed by atoms with Crippen molar-refractivity contribution in [3.05, 3.63) is 93.5 Å². The minimum absolute atomic E-state index is 0.0463. The normalized spacial score (nSPS) is 12.1. The van der Waals surface area contributed by atoms with Crippen molar-refractivity contribution in [2.24, 2.45) is 0 Å². The molecule has 0 radical (unpaired) electrons. The Morgan fingerprint density at radius 1 is 1.09 bits per heavy atom. The number of sulfonamides is 1. The number of rotatable bonds is 9. The number of carbonyl (C=O) groups is 1. The smallest absolute Gasteiger partial charge is 0.271 e. The van der Waals surface area contributed by atoms with E-state index >= 15 is 0 Å². The number of amides is 1. The lowest BCUT2D eigenvalue weighted by Gasteiger charge is -2.19. The van der Waals surface area contributed by atoms with Crippen molar-refractivity contribution < 1.29 is 22.9 Å². The first-order valence-electron chi connectivity index (χ1n) is 9.65. The van der Waals surface area contributed by atoms with Crippen LogP contribution in [0.25, 0.3) is 0 Å². The third kappa shape index (κ3) is 6.28. The number of halogens is 1. The minimum atomic E-state index is -4.15. The fourth-order valence-electron chi connectivity index (χ4n) is 3.03. The number of ether oxygens (including phenoxy) is 1. The lowest BCUT2D eigenvalue weighted by atomic mass is 10.1. The summed E-state index contributed by atoms with van der Waals surface area (Å²) in [5.41, 5.74) is 0.673. The van der Waals surface area contributed by atoms with Gasteiger partial charge in [-0.2, -0.15) is 4.72 Å². The van der Waals surface area contributed by atoms with Crippen molar-refractivity contribution in [2.45, 2.75) is 17.4 Å². The number of methoxy groups -OCH3 is 1. The van der Waals surface area contributed by atoms with Crippen LogP contribution in [0.3, 0.4) is 0 Å². The molecule has 1 atom stereocenters. The Hall–Kier alpha value is -3.47. The second-order valence-corrected chi connectivity index (χ2v) is 9.08. The van der Waals surface area contributed by atoms with Crippen LogP contribution < -0.4 is 14.8 Å². The molecule has 0 saturated heterocycles. The van der Waals surface area contributed by atoms with E-state index in [2.05, 4.69) is 10.0 Å². The number of anilines is 1. The predicted octanol–water partition coefficient (Wildman–Crippen LogP) is 3.79. The summed E-state index contributed by atoms with van der Waals surface area (Å²) in [5.74, 6) is -0.373. The van der Waals surface area contributed by atoms with Crippen LogP contribution in [0.1, 0.15) is 5.56 Å². The van der Waals surface area contributed by atoms with Crippen LogP contribution in [0.5, 0.6) is 5.75 Å². The van der Waals surface area contributed by atoms with Crippen LogP contribution in [-0.2, 0) is 21.2 Å². The van der Waals surface area contributed by atoms with Gasteiger partial charge in [-0.05, 0) is 36.2 Å². The monoisotopic (exact) mass is 489 g/mol. The highest BCUT2D eigenvalue weighted by atomic mass is 35.5. The van der Waals surface area contributed by atoms with Crippen LogP contribution in [0.4, 0.5) is 11.4 Å². The van der Waals surface area contributed by atoms with Gasteiger partial charge in [0, 0.05) is 17.8 Å². The van der Waals surface area contributed by atoms with Gasteiger partial charge in [0.15, 0.2) is 0 Å². The van der Waals surface area contributed by atoms with E-state index in [0.717, 1.165) is 0 Å². The first-order valence-corrected chi connectivity index (χ1v) is 11.5. The Balaban J connectivity index is 1.89. The fourth-order valence-corrected chi connectivity index (χ4v) is 4.58. The van der Waals surface area contributed by atoms with E-state index in [1.165, 1.54) is 49.6 Å². The maximum Gasteiger partial charge on any atom is 0.271 e. The molecule has 3 aromatic rings. The van der Waals surface area contributed by atoms with Crippen molar-refractivity contribution in [1.82, 2.24) is 4.72 Å². The summed E-state index contributed by atoms with van der Waals surface area (Å²) in [6.45, 7) is 0. The molecule has 11 heteroatoms. The number of non-ortho nitro benzene ring substituents is 1. The largest absolute Gasteiger partial charge is 0.495 e. The zero-order chi connectivity index (χ0) is 24.0. The summed E-state index contributed by atoms with van der Waals surface area (Å²) in [5, 5.41) is 13.7. The van der Waals surface area contributed by atoms with E-state index in [1.54, 1.807) is 30.3 Å². The van der Waals surface area contributed by atoms with E-state index in [4.69, 9.17) is 16.3 Å². The quantitative estimate of drug-likeness (QED) is 0.347. The molecule has 0 aliphatic rings. The number of nitrogens with zero attached hydrogens (tertiary/aromatic N) is 1. The molecule has 0 spiro atoms. The highest BCUT2D eigenvalue weighted by Gasteiger charge is 2.27. The maximum atomic E-state index is 13.0. The molecule has 3 rings (SSSR count). The van der Waals surface area contributed by atoms with Gasteiger partial charge in [-0.15, -0.1) is 0 Å². The minimum Gasteiger partial charge on any atom is -0.495 e. The van der Waals surface area contributed by atoms with Gasteiger partial charge in [-0.1, -0.05) is 48.0 Å². The third-order valence-electron chi connectivity index (χ3n) is 4.65. The van der Waals surface area contributed by atoms with Crippen molar-refractivity contribution in [1.29, 1.82) is 0 Å². The van der Waals surface area contributed by atoms with E-state index < -0.39 is 26.9 Å². The zero-order valence-corrected chi connectivity index (χ0v) is 19.0. The van der Waals surface area contributed by atoms with Crippen LogP contribution in [0.2, 0.25) is 5.02 Å². The van der Waals surface area contributed by atoms with Gasteiger partial charge < -0.3 is 10.1 Å². The molecule has 0 saturated carbocycles. The molecule has 0 aliphatic carbocycles. The zero-order valence-electron chi connectivity index (χ0n) is 17.4. The summed E-state index contributed by atoms with van der Waals surface area (Å²) in [6.07, 6.45) is 0.0463.